The van der Waals surface area contributed by atoms with Gasteiger partial charge in [-0.3, -0.25) is 0 Å². The Hall–Kier alpha value is -1.33. The lowest BCUT2D eigenvalue weighted by Gasteiger charge is -2.22. The van der Waals surface area contributed by atoms with Crippen LogP contribution in [0.2, 0.25) is 0 Å². The number of aryl methyl sites for hydroxylation is 2. The molecule has 0 aromatic heterocycles. The molecule has 0 aliphatic rings. The summed E-state index contributed by atoms with van der Waals surface area (Å²) in [6.45, 7) is 3.31. The topological polar surface area (TPSA) is 26.0 Å². The van der Waals surface area contributed by atoms with E-state index in [1.807, 2.05) is 0 Å². The summed E-state index contributed by atoms with van der Waals surface area (Å²) in [7, 11) is 0. The molecule has 1 rings (SSSR count). The van der Waals surface area contributed by atoms with Crippen LogP contribution in [0, 0.1) is 0 Å². The van der Waals surface area contributed by atoms with Gasteiger partial charge < -0.3 is 5.73 Å². The Balaban J connectivity index is 3.43. The number of halogens is 5. The third kappa shape index (κ3) is 2.42. The lowest BCUT2D eigenvalue weighted by atomic mass is 9.96. The standard InChI is InChI=1S/C12H14F5N/c1-3-7-5-9(6-8(4-2)10(7)18)11(13,14)12(15,16)17/h5-6H,3-4,18H2,1-2H3. The predicted molar refractivity (Wildman–Crippen MR) is 59.6 cm³/mol. The number of hydrogen-bond donors (Lipinski definition) is 1. The maximum atomic E-state index is 13.3. The van der Waals surface area contributed by atoms with Crippen molar-refractivity contribution in [2.24, 2.45) is 0 Å². The van der Waals surface area contributed by atoms with Crippen LogP contribution in [0.3, 0.4) is 0 Å². The van der Waals surface area contributed by atoms with E-state index >= 15 is 0 Å². The molecule has 1 aromatic carbocycles. The quantitative estimate of drug-likeness (QED) is 0.649. The summed E-state index contributed by atoms with van der Waals surface area (Å²) in [5.74, 6) is -4.85. The second-order valence-electron chi connectivity index (χ2n) is 3.99. The summed E-state index contributed by atoms with van der Waals surface area (Å²) in [5.41, 5.74) is 5.58. The molecule has 0 spiro atoms. The zero-order valence-electron chi connectivity index (χ0n) is 10.0. The molecule has 0 unspecified atom stereocenters. The van der Waals surface area contributed by atoms with Crippen LogP contribution >= 0.6 is 0 Å². The second-order valence-corrected chi connectivity index (χ2v) is 3.99. The molecule has 18 heavy (non-hydrogen) atoms. The fourth-order valence-electron chi connectivity index (χ4n) is 1.71. The van der Waals surface area contributed by atoms with E-state index in [0.717, 1.165) is 12.1 Å². The van der Waals surface area contributed by atoms with Crippen LogP contribution in [0.4, 0.5) is 27.6 Å². The van der Waals surface area contributed by atoms with Crippen molar-refractivity contribution in [1.29, 1.82) is 0 Å². The van der Waals surface area contributed by atoms with Crippen molar-refractivity contribution in [3.05, 3.63) is 28.8 Å². The molecule has 0 bridgehead atoms. The van der Waals surface area contributed by atoms with Crippen molar-refractivity contribution in [2.75, 3.05) is 5.73 Å². The summed E-state index contributed by atoms with van der Waals surface area (Å²) >= 11 is 0. The Kier molecular flexibility index (Phi) is 3.88. The van der Waals surface area contributed by atoms with Crippen LogP contribution in [0.1, 0.15) is 30.5 Å². The van der Waals surface area contributed by atoms with Crippen molar-refractivity contribution in [3.8, 4) is 0 Å². The van der Waals surface area contributed by atoms with Crippen molar-refractivity contribution < 1.29 is 22.0 Å². The molecule has 0 radical (unpaired) electrons. The molecular formula is C12H14F5N. The monoisotopic (exact) mass is 267 g/mol. The van der Waals surface area contributed by atoms with Gasteiger partial charge in [-0.15, -0.1) is 0 Å². The lowest BCUT2D eigenvalue weighted by molar-refractivity contribution is -0.289. The molecule has 1 aromatic rings. The Morgan fingerprint density at radius 1 is 0.944 bits per heavy atom. The number of alkyl halides is 5. The van der Waals surface area contributed by atoms with Gasteiger partial charge in [-0.2, -0.15) is 22.0 Å². The SMILES string of the molecule is CCc1cc(C(F)(F)C(F)(F)F)cc(CC)c1N. The van der Waals surface area contributed by atoms with Crippen LogP contribution < -0.4 is 5.73 Å². The summed E-state index contributed by atoms with van der Waals surface area (Å²) < 4.78 is 63.5. The first-order valence-electron chi connectivity index (χ1n) is 5.51. The van der Waals surface area contributed by atoms with Gasteiger partial charge in [0.15, 0.2) is 0 Å². The number of rotatable bonds is 3. The Bertz CT molecular complexity index is 412. The highest BCUT2D eigenvalue weighted by molar-refractivity contribution is 5.56. The molecule has 0 aliphatic carbocycles. The van der Waals surface area contributed by atoms with Crippen LogP contribution in [-0.2, 0) is 18.8 Å². The zero-order chi connectivity index (χ0) is 14.1. The first kappa shape index (κ1) is 14.7. The smallest absolute Gasteiger partial charge is 0.398 e. The van der Waals surface area contributed by atoms with Gasteiger partial charge in [0, 0.05) is 11.3 Å². The Labute approximate surface area is 102 Å². The van der Waals surface area contributed by atoms with Gasteiger partial charge in [-0.1, -0.05) is 13.8 Å². The summed E-state index contributed by atoms with van der Waals surface area (Å²) in [4.78, 5) is 0. The van der Waals surface area contributed by atoms with E-state index in [2.05, 4.69) is 0 Å². The third-order valence-electron chi connectivity index (χ3n) is 2.83. The van der Waals surface area contributed by atoms with E-state index in [1.165, 1.54) is 0 Å². The van der Waals surface area contributed by atoms with Crippen molar-refractivity contribution >= 4 is 5.69 Å². The van der Waals surface area contributed by atoms with Crippen LogP contribution in [0.15, 0.2) is 12.1 Å². The van der Waals surface area contributed by atoms with E-state index in [1.54, 1.807) is 13.8 Å². The zero-order valence-corrected chi connectivity index (χ0v) is 10.0. The molecule has 0 heterocycles. The first-order chi connectivity index (χ1) is 8.15. The highest BCUT2D eigenvalue weighted by Gasteiger charge is 2.58. The van der Waals surface area contributed by atoms with E-state index in [-0.39, 0.29) is 0 Å². The van der Waals surface area contributed by atoms with Gasteiger partial charge in [0.2, 0.25) is 0 Å². The fraction of sp³-hybridized carbons (Fsp3) is 0.500. The molecular weight excluding hydrogens is 253 g/mol. The minimum Gasteiger partial charge on any atom is -0.398 e. The minimum atomic E-state index is -5.60. The third-order valence-corrected chi connectivity index (χ3v) is 2.83. The summed E-state index contributed by atoms with van der Waals surface area (Å²) in [6, 6.07) is 1.67. The average molecular weight is 267 g/mol. The van der Waals surface area contributed by atoms with Crippen molar-refractivity contribution in [2.45, 2.75) is 38.8 Å². The molecule has 0 saturated heterocycles. The van der Waals surface area contributed by atoms with E-state index in [9.17, 15) is 22.0 Å². The van der Waals surface area contributed by atoms with Crippen LogP contribution in [0.5, 0.6) is 0 Å². The summed E-state index contributed by atoms with van der Waals surface area (Å²) in [6.07, 6.45) is -4.99. The van der Waals surface area contributed by atoms with Gasteiger partial charge >= 0.3 is 12.1 Å². The van der Waals surface area contributed by atoms with Crippen molar-refractivity contribution in [1.82, 2.24) is 0 Å². The number of nitrogens with two attached hydrogens (primary N) is 1. The highest BCUT2D eigenvalue weighted by atomic mass is 19.4. The first-order valence-corrected chi connectivity index (χ1v) is 5.51. The van der Waals surface area contributed by atoms with Crippen LogP contribution in [-0.4, -0.2) is 6.18 Å². The van der Waals surface area contributed by atoms with Crippen LogP contribution in [0.25, 0.3) is 0 Å². The number of hydrogen-bond acceptors (Lipinski definition) is 1. The Morgan fingerprint density at radius 3 is 1.61 bits per heavy atom. The molecule has 0 amide bonds. The lowest BCUT2D eigenvalue weighted by Crippen LogP contribution is -2.34. The molecule has 1 nitrogen and oxygen atoms in total. The molecule has 6 heteroatoms. The number of anilines is 1. The minimum absolute atomic E-state index is 0.293. The molecule has 0 saturated carbocycles. The number of benzene rings is 1. The molecule has 102 valence electrons. The molecule has 0 aliphatic heterocycles. The highest BCUT2D eigenvalue weighted by Crippen LogP contribution is 2.45. The molecule has 0 atom stereocenters. The fourth-order valence-corrected chi connectivity index (χ4v) is 1.71. The van der Waals surface area contributed by atoms with Gasteiger partial charge in [0.25, 0.3) is 0 Å². The van der Waals surface area contributed by atoms with Gasteiger partial charge in [-0.25, -0.2) is 0 Å². The summed E-state index contributed by atoms with van der Waals surface area (Å²) in [5, 5.41) is 0. The normalized spacial score (nSPS) is 12.8. The second kappa shape index (κ2) is 4.74. The van der Waals surface area contributed by atoms with E-state index < -0.39 is 17.7 Å². The van der Waals surface area contributed by atoms with Gasteiger partial charge in [0.1, 0.15) is 0 Å². The number of nitrogen functional groups attached to an aromatic ring is 1. The van der Waals surface area contributed by atoms with Gasteiger partial charge in [-0.05, 0) is 36.1 Å². The molecule has 2 N–H and O–H groups in total. The molecule has 0 fully saturated rings. The van der Waals surface area contributed by atoms with Crippen molar-refractivity contribution in [3.63, 3.8) is 0 Å². The average Bonchev–Trinajstić information content (AvgIpc) is 2.27. The Morgan fingerprint density at radius 2 is 1.33 bits per heavy atom. The maximum Gasteiger partial charge on any atom is 0.458 e. The predicted octanol–water partition coefficient (Wildman–Crippen LogP) is 4.05. The van der Waals surface area contributed by atoms with E-state index in [4.69, 9.17) is 5.73 Å². The van der Waals surface area contributed by atoms with Gasteiger partial charge in [0.05, 0.1) is 0 Å². The maximum absolute atomic E-state index is 13.3. The van der Waals surface area contributed by atoms with E-state index in [0.29, 0.717) is 29.7 Å². The largest absolute Gasteiger partial charge is 0.458 e.